The van der Waals surface area contributed by atoms with Crippen LogP contribution in [0, 0.1) is 0 Å². The fourth-order valence-corrected chi connectivity index (χ4v) is 1.91. The second-order valence-corrected chi connectivity index (χ2v) is 4.92. The molecule has 5 nitrogen and oxygen atoms in total. The number of nitrogens with two attached hydrogens (primary N) is 1. The molecule has 1 aromatic rings. The highest BCUT2D eigenvalue weighted by Crippen LogP contribution is 2.24. The lowest BCUT2D eigenvalue weighted by molar-refractivity contribution is 0.0950. The van der Waals surface area contributed by atoms with E-state index < -0.39 is 0 Å². The number of nitrogens with zero attached hydrogens (tertiary/aromatic N) is 1. The van der Waals surface area contributed by atoms with Crippen molar-refractivity contribution in [1.82, 2.24) is 10.2 Å². The van der Waals surface area contributed by atoms with Crippen LogP contribution in [-0.4, -0.2) is 44.6 Å². The van der Waals surface area contributed by atoms with Crippen molar-refractivity contribution in [2.24, 2.45) is 0 Å². The maximum absolute atomic E-state index is 12.2. The maximum Gasteiger partial charge on any atom is 0.257 e. The van der Waals surface area contributed by atoms with Crippen LogP contribution in [0.5, 0.6) is 5.75 Å². The van der Waals surface area contributed by atoms with Crippen LogP contribution >= 0.6 is 0 Å². The molecule has 1 amide bonds. The third-order valence-corrected chi connectivity index (χ3v) is 2.90. The van der Waals surface area contributed by atoms with E-state index in [0.29, 0.717) is 30.2 Å². The Labute approximate surface area is 121 Å². The molecule has 0 bridgehead atoms. The lowest BCUT2D eigenvalue weighted by Crippen LogP contribution is -2.26. The van der Waals surface area contributed by atoms with Crippen LogP contribution in [0.4, 0.5) is 5.69 Å². The molecule has 20 heavy (non-hydrogen) atoms. The van der Waals surface area contributed by atoms with Gasteiger partial charge in [-0.2, -0.15) is 0 Å². The van der Waals surface area contributed by atoms with Gasteiger partial charge in [-0.1, -0.05) is 6.07 Å². The van der Waals surface area contributed by atoms with Gasteiger partial charge < -0.3 is 20.7 Å². The van der Waals surface area contributed by atoms with Crippen LogP contribution in [0.1, 0.15) is 30.1 Å². The van der Waals surface area contributed by atoms with Crippen molar-refractivity contribution in [2.75, 3.05) is 39.5 Å². The summed E-state index contributed by atoms with van der Waals surface area (Å²) < 4.78 is 5.45. The molecule has 1 aromatic carbocycles. The van der Waals surface area contributed by atoms with Crippen molar-refractivity contribution >= 4 is 11.6 Å². The average molecular weight is 279 g/mol. The van der Waals surface area contributed by atoms with Crippen molar-refractivity contribution in [3.8, 4) is 5.75 Å². The average Bonchev–Trinajstić information content (AvgIpc) is 2.38. The summed E-state index contributed by atoms with van der Waals surface area (Å²) in [5.74, 6) is 0.370. The van der Waals surface area contributed by atoms with Gasteiger partial charge in [0.1, 0.15) is 11.3 Å². The molecular weight excluding hydrogens is 254 g/mol. The van der Waals surface area contributed by atoms with E-state index in [2.05, 4.69) is 10.2 Å². The number of unbranched alkanes of at least 4 members (excludes halogenated alkanes) is 1. The molecule has 0 saturated heterocycles. The molecule has 3 N–H and O–H groups in total. The predicted octanol–water partition coefficient (Wildman–Crippen LogP) is 1.74. The summed E-state index contributed by atoms with van der Waals surface area (Å²) in [7, 11) is 4.08. The van der Waals surface area contributed by atoms with Crippen molar-refractivity contribution < 1.29 is 9.53 Å². The Hall–Kier alpha value is -1.75. The number of amides is 1. The number of hydrogen-bond donors (Lipinski definition) is 2. The van der Waals surface area contributed by atoms with Gasteiger partial charge in [-0.05, 0) is 52.5 Å². The van der Waals surface area contributed by atoms with Gasteiger partial charge in [-0.3, -0.25) is 4.79 Å². The van der Waals surface area contributed by atoms with Crippen LogP contribution in [0.2, 0.25) is 0 Å². The first kappa shape index (κ1) is 16.3. The summed E-state index contributed by atoms with van der Waals surface area (Å²) in [6, 6.07) is 5.26. The summed E-state index contributed by atoms with van der Waals surface area (Å²) in [5.41, 5.74) is 6.75. The van der Waals surface area contributed by atoms with E-state index in [-0.39, 0.29) is 5.91 Å². The normalized spacial score (nSPS) is 10.6. The number of hydrogen-bond acceptors (Lipinski definition) is 4. The number of ether oxygens (including phenoxy) is 1. The topological polar surface area (TPSA) is 67.6 Å². The molecule has 5 heteroatoms. The Morgan fingerprint density at radius 3 is 2.75 bits per heavy atom. The van der Waals surface area contributed by atoms with Crippen molar-refractivity contribution in [3.05, 3.63) is 23.8 Å². The largest absolute Gasteiger partial charge is 0.493 e. The predicted molar refractivity (Wildman–Crippen MR) is 82.1 cm³/mol. The van der Waals surface area contributed by atoms with E-state index >= 15 is 0 Å². The monoisotopic (exact) mass is 279 g/mol. The molecule has 0 aliphatic rings. The van der Waals surface area contributed by atoms with Crippen LogP contribution in [0.3, 0.4) is 0 Å². The maximum atomic E-state index is 12.2. The molecule has 112 valence electrons. The first-order chi connectivity index (χ1) is 9.56. The zero-order valence-electron chi connectivity index (χ0n) is 12.6. The molecule has 0 fully saturated rings. The van der Waals surface area contributed by atoms with Crippen LogP contribution in [0.25, 0.3) is 0 Å². The first-order valence-corrected chi connectivity index (χ1v) is 7.00. The van der Waals surface area contributed by atoms with Crippen LogP contribution in [-0.2, 0) is 0 Å². The smallest absolute Gasteiger partial charge is 0.257 e. The molecule has 0 spiro atoms. The SMILES string of the molecule is CCOc1cccc(N)c1C(=O)NCCCCN(C)C. The summed E-state index contributed by atoms with van der Waals surface area (Å²) in [6.45, 7) is 4.05. The van der Waals surface area contributed by atoms with Gasteiger partial charge >= 0.3 is 0 Å². The molecular formula is C15H25N3O2. The minimum atomic E-state index is -0.170. The van der Waals surface area contributed by atoms with Crippen molar-refractivity contribution in [3.63, 3.8) is 0 Å². The van der Waals surface area contributed by atoms with E-state index in [1.165, 1.54) is 0 Å². The third kappa shape index (κ3) is 5.09. The molecule has 0 heterocycles. The second kappa shape index (κ2) is 8.43. The molecule has 0 radical (unpaired) electrons. The minimum Gasteiger partial charge on any atom is -0.493 e. The van der Waals surface area contributed by atoms with Gasteiger partial charge in [0.05, 0.1) is 6.61 Å². The van der Waals surface area contributed by atoms with Gasteiger partial charge in [0.2, 0.25) is 0 Å². The van der Waals surface area contributed by atoms with Gasteiger partial charge in [0, 0.05) is 12.2 Å². The van der Waals surface area contributed by atoms with E-state index in [1.807, 2.05) is 21.0 Å². The lowest BCUT2D eigenvalue weighted by atomic mass is 10.1. The van der Waals surface area contributed by atoms with Crippen LogP contribution < -0.4 is 15.8 Å². The van der Waals surface area contributed by atoms with E-state index in [9.17, 15) is 4.79 Å². The fourth-order valence-electron chi connectivity index (χ4n) is 1.91. The van der Waals surface area contributed by atoms with Gasteiger partial charge in [-0.25, -0.2) is 0 Å². The Morgan fingerprint density at radius 2 is 2.10 bits per heavy atom. The number of nitrogen functional groups attached to an aromatic ring is 1. The molecule has 0 aliphatic carbocycles. The lowest BCUT2D eigenvalue weighted by Gasteiger charge is -2.13. The minimum absolute atomic E-state index is 0.170. The Bertz CT molecular complexity index is 433. The molecule has 0 atom stereocenters. The number of carbonyl (C=O) groups excluding carboxylic acids is 1. The molecule has 0 saturated carbocycles. The van der Waals surface area contributed by atoms with Crippen LogP contribution in [0.15, 0.2) is 18.2 Å². The van der Waals surface area contributed by atoms with Gasteiger partial charge in [-0.15, -0.1) is 0 Å². The van der Waals surface area contributed by atoms with Crippen molar-refractivity contribution in [2.45, 2.75) is 19.8 Å². The Morgan fingerprint density at radius 1 is 1.35 bits per heavy atom. The summed E-state index contributed by atoms with van der Waals surface area (Å²) in [4.78, 5) is 14.3. The highest BCUT2D eigenvalue weighted by Gasteiger charge is 2.15. The summed E-state index contributed by atoms with van der Waals surface area (Å²) in [6.07, 6.45) is 2.00. The first-order valence-electron chi connectivity index (χ1n) is 7.00. The number of nitrogens with one attached hydrogen (secondary N) is 1. The molecule has 0 aliphatic heterocycles. The standard InChI is InChI=1S/C15H25N3O2/c1-4-20-13-9-7-8-12(16)14(13)15(19)17-10-5-6-11-18(2)3/h7-9H,4-6,10-11,16H2,1-3H3,(H,17,19). The fraction of sp³-hybridized carbons (Fsp3) is 0.533. The zero-order valence-corrected chi connectivity index (χ0v) is 12.6. The van der Waals surface area contributed by atoms with Gasteiger partial charge in [0.15, 0.2) is 0 Å². The Balaban J connectivity index is 2.54. The highest BCUT2D eigenvalue weighted by molar-refractivity contribution is 6.01. The molecule has 0 aromatic heterocycles. The van der Waals surface area contributed by atoms with E-state index in [1.54, 1.807) is 18.2 Å². The number of benzene rings is 1. The third-order valence-electron chi connectivity index (χ3n) is 2.90. The second-order valence-electron chi connectivity index (χ2n) is 4.92. The number of rotatable bonds is 8. The van der Waals surface area contributed by atoms with Gasteiger partial charge in [0.25, 0.3) is 5.91 Å². The van der Waals surface area contributed by atoms with Crippen molar-refractivity contribution in [1.29, 1.82) is 0 Å². The summed E-state index contributed by atoms with van der Waals surface area (Å²) in [5, 5.41) is 2.89. The zero-order chi connectivity index (χ0) is 15.0. The molecule has 1 rings (SSSR count). The Kier molecular flexibility index (Phi) is 6.87. The van der Waals surface area contributed by atoms with E-state index in [0.717, 1.165) is 19.4 Å². The number of carbonyl (C=O) groups is 1. The number of anilines is 1. The van der Waals surface area contributed by atoms with E-state index in [4.69, 9.17) is 10.5 Å². The quantitative estimate of drug-likeness (QED) is 0.562. The summed E-state index contributed by atoms with van der Waals surface area (Å²) >= 11 is 0. The molecule has 0 unspecified atom stereocenters. The highest BCUT2D eigenvalue weighted by atomic mass is 16.5.